The van der Waals surface area contributed by atoms with Crippen LogP contribution in [-0.2, 0) is 4.74 Å². The highest BCUT2D eigenvalue weighted by Crippen LogP contribution is 2.32. The minimum atomic E-state index is 0.111. The minimum absolute atomic E-state index is 0.111. The molecule has 0 aromatic carbocycles. The average molecular weight is 121 g/mol. The largest absolute Gasteiger partial charge is 0.365 e. The highest BCUT2D eigenvalue weighted by molar-refractivity contribution is 5.15. The molecule has 1 fully saturated rings. The lowest BCUT2D eigenvalue weighted by Gasteiger charge is -2.03. The number of hydrogen-bond donors (Lipinski definition) is 0. The zero-order chi connectivity index (χ0) is 6.27. The van der Waals surface area contributed by atoms with Gasteiger partial charge in [-0.2, -0.15) is 5.26 Å². The quantitative estimate of drug-likeness (QED) is 0.445. The van der Waals surface area contributed by atoms with E-state index >= 15 is 0 Å². The first-order chi connectivity index (χ1) is 4.40. The van der Waals surface area contributed by atoms with Crippen molar-refractivity contribution in [2.24, 2.45) is 5.92 Å². The third kappa shape index (κ3) is 0.585. The van der Waals surface area contributed by atoms with Crippen LogP contribution < -0.4 is 0 Å². The Balaban J connectivity index is 2.22. The van der Waals surface area contributed by atoms with Gasteiger partial charge >= 0.3 is 0 Å². The van der Waals surface area contributed by atoms with Gasteiger partial charge in [-0.05, 0) is 6.42 Å². The first-order valence-corrected chi connectivity index (χ1v) is 3.13. The molecule has 0 spiro atoms. The SMILES string of the molecule is N#C[C@H]1C[C@@H]2C=C[C@H]1O2. The fraction of sp³-hybridized carbons (Fsp3) is 0.571. The van der Waals surface area contributed by atoms with E-state index in [-0.39, 0.29) is 18.1 Å². The van der Waals surface area contributed by atoms with Crippen molar-refractivity contribution >= 4 is 0 Å². The summed E-state index contributed by atoms with van der Waals surface area (Å²) in [4.78, 5) is 0. The second-order valence-corrected chi connectivity index (χ2v) is 2.50. The Morgan fingerprint density at radius 3 is 2.78 bits per heavy atom. The zero-order valence-corrected chi connectivity index (χ0v) is 4.95. The van der Waals surface area contributed by atoms with Gasteiger partial charge in [0.25, 0.3) is 0 Å². The van der Waals surface area contributed by atoms with Crippen molar-refractivity contribution in [2.75, 3.05) is 0 Å². The van der Waals surface area contributed by atoms with Crippen LogP contribution in [0.3, 0.4) is 0 Å². The van der Waals surface area contributed by atoms with E-state index < -0.39 is 0 Å². The van der Waals surface area contributed by atoms with E-state index in [4.69, 9.17) is 10.00 Å². The second kappa shape index (κ2) is 1.58. The molecule has 0 amide bonds. The van der Waals surface area contributed by atoms with Gasteiger partial charge in [0.05, 0.1) is 24.2 Å². The van der Waals surface area contributed by atoms with Crippen molar-refractivity contribution in [3.63, 3.8) is 0 Å². The van der Waals surface area contributed by atoms with Gasteiger partial charge in [-0.1, -0.05) is 12.2 Å². The Bertz CT molecular complexity index is 192. The highest BCUT2D eigenvalue weighted by Gasteiger charge is 2.36. The number of hydrogen-bond acceptors (Lipinski definition) is 2. The summed E-state index contributed by atoms with van der Waals surface area (Å²) in [6.45, 7) is 0. The number of nitriles is 1. The van der Waals surface area contributed by atoms with Crippen LogP contribution in [0.1, 0.15) is 6.42 Å². The summed E-state index contributed by atoms with van der Waals surface area (Å²) in [7, 11) is 0. The van der Waals surface area contributed by atoms with Gasteiger partial charge < -0.3 is 4.74 Å². The molecule has 9 heavy (non-hydrogen) atoms. The van der Waals surface area contributed by atoms with Crippen molar-refractivity contribution in [1.29, 1.82) is 5.26 Å². The van der Waals surface area contributed by atoms with Gasteiger partial charge in [0.1, 0.15) is 0 Å². The Kier molecular flexibility index (Phi) is 0.882. The van der Waals surface area contributed by atoms with E-state index in [9.17, 15) is 0 Å². The van der Waals surface area contributed by atoms with Crippen molar-refractivity contribution in [3.05, 3.63) is 12.2 Å². The van der Waals surface area contributed by atoms with E-state index in [0.29, 0.717) is 0 Å². The first-order valence-electron chi connectivity index (χ1n) is 3.13. The standard InChI is InChI=1S/C7H7NO/c8-4-5-3-6-1-2-7(5)9-6/h1-2,5-7H,3H2/t5-,6+,7-/m1/s1. The Morgan fingerprint density at radius 1 is 1.56 bits per heavy atom. The van der Waals surface area contributed by atoms with Crippen LogP contribution in [0.2, 0.25) is 0 Å². The van der Waals surface area contributed by atoms with Gasteiger partial charge in [-0.25, -0.2) is 0 Å². The molecule has 46 valence electrons. The van der Waals surface area contributed by atoms with Crippen LogP contribution in [0.25, 0.3) is 0 Å². The summed E-state index contributed by atoms with van der Waals surface area (Å²) in [6.07, 6.45) is 5.29. The highest BCUT2D eigenvalue weighted by atomic mass is 16.5. The molecule has 2 heterocycles. The van der Waals surface area contributed by atoms with Gasteiger partial charge in [0, 0.05) is 0 Å². The van der Waals surface area contributed by atoms with Crippen molar-refractivity contribution in [1.82, 2.24) is 0 Å². The molecule has 0 aromatic rings. The summed E-state index contributed by atoms with van der Waals surface area (Å²) in [6, 6.07) is 2.22. The maximum Gasteiger partial charge on any atom is 0.0924 e. The number of fused-ring (bicyclic) bond motifs is 2. The van der Waals surface area contributed by atoms with Crippen LogP contribution >= 0.6 is 0 Å². The smallest absolute Gasteiger partial charge is 0.0924 e. The molecule has 2 nitrogen and oxygen atoms in total. The van der Waals surface area contributed by atoms with Gasteiger partial charge in [0.15, 0.2) is 0 Å². The normalized spacial score (nSPS) is 45.4. The molecule has 3 atom stereocenters. The molecule has 2 heteroatoms. The molecule has 0 N–H and O–H groups in total. The Labute approximate surface area is 53.7 Å². The molecule has 2 aliphatic rings. The van der Waals surface area contributed by atoms with Crippen molar-refractivity contribution in [3.8, 4) is 6.07 Å². The molecule has 0 saturated carbocycles. The van der Waals surface area contributed by atoms with Crippen LogP contribution in [0.15, 0.2) is 12.2 Å². The van der Waals surface area contributed by atoms with E-state index in [1.165, 1.54) is 0 Å². The lowest BCUT2D eigenvalue weighted by Crippen LogP contribution is -2.09. The summed E-state index contributed by atoms with van der Waals surface area (Å²) in [5.74, 6) is 0.125. The monoisotopic (exact) mass is 121 g/mol. The maximum atomic E-state index is 8.52. The Hall–Kier alpha value is -0.810. The number of nitrogens with zero attached hydrogens (tertiary/aromatic N) is 1. The number of ether oxygens (including phenoxy) is 1. The fourth-order valence-electron chi connectivity index (χ4n) is 1.40. The maximum absolute atomic E-state index is 8.52. The first kappa shape index (κ1) is 5.01. The predicted molar refractivity (Wildman–Crippen MR) is 31.5 cm³/mol. The third-order valence-corrected chi connectivity index (χ3v) is 1.90. The summed E-state index contributed by atoms with van der Waals surface area (Å²) >= 11 is 0. The molecule has 0 unspecified atom stereocenters. The Morgan fingerprint density at radius 2 is 2.44 bits per heavy atom. The van der Waals surface area contributed by atoms with E-state index in [0.717, 1.165) is 6.42 Å². The minimum Gasteiger partial charge on any atom is -0.365 e. The lowest BCUT2D eigenvalue weighted by molar-refractivity contribution is 0.114. The fourth-order valence-corrected chi connectivity index (χ4v) is 1.40. The molecular weight excluding hydrogens is 114 g/mol. The van der Waals surface area contributed by atoms with Crippen LogP contribution in [0.4, 0.5) is 0 Å². The molecule has 0 aliphatic carbocycles. The van der Waals surface area contributed by atoms with E-state index in [2.05, 4.69) is 6.07 Å². The van der Waals surface area contributed by atoms with Crippen molar-refractivity contribution in [2.45, 2.75) is 18.6 Å². The van der Waals surface area contributed by atoms with Gasteiger partial charge in [0.2, 0.25) is 0 Å². The van der Waals surface area contributed by atoms with Gasteiger partial charge in [-0.15, -0.1) is 0 Å². The summed E-state index contributed by atoms with van der Waals surface area (Å²) in [5.41, 5.74) is 0. The predicted octanol–water partition coefficient (Wildman–Crippen LogP) is 0.853. The average Bonchev–Trinajstić information content (AvgIpc) is 2.45. The topological polar surface area (TPSA) is 33.0 Å². The van der Waals surface area contributed by atoms with E-state index in [1.54, 1.807) is 0 Å². The lowest BCUT2D eigenvalue weighted by atomic mass is 9.96. The van der Waals surface area contributed by atoms with Crippen molar-refractivity contribution < 1.29 is 4.74 Å². The van der Waals surface area contributed by atoms with E-state index in [1.807, 2.05) is 12.2 Å². The van der Waals surface area contributed by atoms with Crippen LogP contribution in [-0.4, -0.2) is 12.2 Å². The second-order valence-electron chi connectivity index (χ2n) is 2.50. The molecule has 2 bridgehead atoms. The molecule has 2 aliphatic heterocycles. The third-order valence-electron chi connectivity index (χ3n) is 1.90. The molecule has 0 radical (unpaired) electrons. The summed E-state index contributed by atoms with van der Waals surface area (Å²) < 4.78 is 5.34. The molecule has 1 saturated heterocycles. The molecule has 0 aromatic heterocycles. The van der Waals surface area contributed by atoms with Crippen LogP contribution in [0, 0.1) is 17.2 Å². The summed E-state index contributed by atoms with van der Waals surface area (Å²) in [5, 5.41) is 8.52. The van der Waals surface area contributed by atoms with Crippen LogP contribution in [0.5, 0.6) is 0 Å². The molecule has 2 rings (SSSR count). The zero-order valence-electron chi connectivity index (χ0n) is 4.95. The number of rotatable bonds is 0. The molecular formula is C7H7NO. The van der Waals surface area contributed by atoms with Gasteiger partial charge in [-0.3, -0.25) is 0 Å².